The Labute approximate surface area is 94.6 Å². The lowest BCUT2D eigenvalue weighted by atomic mass is 10.1. The van der Waals surface area contributed by atoms with Crippen LogP contribution in [-0.2, 0) is 18.0 Å². The fourth-order valence-electron chi connectivity index (χ4n) is 2.29. The summed E-state index contributed by atoms with van der Waals surface area (Å²) in [4.78, 5) is 11.2. The summed E-state index contributed by atoms with van der Waals surface area (Å²) in [6.07, 6.45) is 3.04. The highest BCUT2D eigenvalue weighted by atomic mass is 16.5. The standard InChI is InChI=1S/C11H16N4O/c12-3-8-1-2-15(5-8)11-13-4-9-6-16-7-10(9)14-11/h4,8H,1-3,5-7,12H2. The third-order valence-electron chi connectivity index (χ3n) is 3.34. The van der Waals surface area contributed by atoms with Gasteiger partial charge in [0.2, 0.25) is 5.95 Å². The lowest BCUT2D eigenvalue weighted by Gasteiger charge is -2.16. The summed E-state index contributed by atoms with van der Waals surface area (Å²) in [5.41, 5.74) is 7.84. The molecule has 86 valence electrons. The van der Waals surface area contributed by atoms with Crippen molar-refractivity contribution in [1.82, 2.24) is 9.97 Å². The van der Waals surface area contributed by atoms with E-state index in [-0.39, 0.29) is 0 Å². The molecule has 0 aromatic carbocycles. The van der Waals surface area contributed by atoms with Gasteiger partial charge in [0.05, 0.1) is 18.9 Å². The molecule has 3 heterocycles. The molecule has 16 heavy (non-hydrogen) atoms. The maximum Gasteiger partial charge on any atom is 0.225 e. The van der Waals surface area contributed by atoms with E-state index in [0.29, 0.717) is 19.1 Å². The van der Waals surface area contributed by atoms with Crippen LogP contribution in [0.15, 0.2) is 6.20 Å². The lowest BCUT2D eigenvalue weighted by Crippen LogP contribution is -2.24. The Morgan fingerprint density at radius 3 is 3.25 bits per heavy atom. The van der Waals surface area contributed by atoms with Gasteiger partial charge in [-0.15, -0.1) is 0 Å². The monoisotopic (exact) mass is 220 g/mol. The van der Waals surface area contributed by atoms with Gasteiger partial charge in [-0.2, -0.15) is 0 Å². The number of ether oxygens (including phenoxy) is 1. The molecule has 5 heteroatoms. The van der Waals surface area contributed by atoms with Crippen LogP contribution in [0.2, 0.25) is 0 Å². The first-order valence-corrected chi connectivity index (χ1v) is 5.74. The molecule has 2 aliphatic heterocycles. The zero-order chi connectivity index (χ0) is 11.0. The van der Waals surface area contributed by atoms with Crippen LogP contribution in [0.25, 0.3) is 0 Å². The number of anilines is 1. The molecule has 0 spiro atoms. The van der Waals surface area contributed by atoms with Gasteiger partial charge < -0.3 is 15.4 Å². The number of fused-ring (bicyclic) bond motifs is 1. The second kappa shape index (κ2) is 3.99. The van der Waals surface area contributed by atoms with Gasteiger partial charge in [-0.1, -0.05) is 0 Å². The van der Waals surface area contributed by atoms with Gasteiger partial charge in [-0.3, -0.25) is 0 Å². The largest absolute Gasteiger partial charge is 0.370 e. The van der Waals surface area contributed by atoms with Crippen LogP contribution in [0.3, 0.4) is 0 Å². The van der Waals surface area contributed by atoms with Crippen LogP contribution >= 0.6 is 0 Å². The minimum atomic E-state index is 0.591. The zero-order valence-electron chi connectivity index (χ0n) is 9.22. The van der Waals surface area contributed by atoms with Gasteiger partial charge in [0, 0.05) is 24.8 Å². The van der Waals surface area contributed by atoms with Crippen LogP contribution in [-0.4, -0.2) is 29.6 Å². The van der Waals surface area contributed by atoms with Crippen LogP contribution in [0.1, 0.15) is 17.7 Å². The van der Waals surface area contributed by atoms with Gasteiger partial charge in [-0.05, 0) is 18.9 Å². The first-order valence-electron chi connectivity index (χ1n) is 5.74. The summed E-state index contributed by atoms with van der Waals surface area (Å²) in [6, 6.07) is 0. The van der Waals surface area contributed by atoms with E-state index < -0.39 is 0 Å². The molecule has 1 aromatic rings. The molecule has 1 saturated heterocycles. The molecule has 1 unspecified atom stereocenters. The van der Waals surface area contributed by atoms with Crippen molar-refractivity contribution < 1.29 is 4.74 Å². The van der Waals surface area contributed by atoms with Crippen molar-refractivity contribution in [2.24, 2.45) is 11.7 Å². The van der Waals surface area contributed by atoms with Crippen molar-refractivity contribution in [2.75, 3.05) is 24.5 Å². The van der Waals surface area contributed by atoms with E-state index in [1.807, 2.05) is 6.20 Å². The number of nitrogens with two attached hydrogens (primary N) is 1. The maximum absolute atomic E-state index is 5.68. The van der Waals surface area contributed by atoms with Crippen LogP contribution in [0, 0.1) is 5.92 Å². The SMILES string of the molecule is NCC1CCN(c2ncc3c(n2)COC3)C1. The predicted octanol–water partition coefficient (Wildman–Crippen LogP) is 0.292. The summed E-state index contributed by atoms with van der Waals surface area (Å²) in [6.45, 7) is 4.03. The molecule has 0 radical (unpaired) electrons. The fourth-order valence-corrected chi connectivity index (χ4v) is 2.29. The Kier molecular flexibility index (Phi) is 2.49. The van der Waals surface area contributed by atoms with Gasteiger partial charge in [0.1, 0.15) is 0 Å². The molecular formula is C11H16N4O. The van der Waals surface area contributed by atoms with E-state index in [1.165, 1.54) is 0 Å². The average molecular weight is 220 g/mol. The summed E-state index contributed by atoms with van der Waals surface area (Å²) < 4.78 is 5.33. The average Bonchev–Trinajstić information content (AvgIpc) is 2.96. The molecule has 0 amide bonds. The first kappa shape index (κ1) is 9.99. The Morgan fingerprint density at radius 2 is 2.44 bits per heavy atom. The molecule has 0 saturated carbocycles. The van der Waals surface area contributed by atoms with E-state index in [2.05, 4.69) is 14.9 Å². The molecule has 1 fully saturated rings. The highest BCUT2D eigenvalue weighted by molar-refractivity contribution is 5.35. The fraction of sp³-hybridized carbons (Fsp3) is 0.636. The molecular weight excluding hydrogens is 204 g/mol. The Hall–Kier alpha value is -1.20. The molecule has 3 rings (SSSR count). The topological polar surface area (TPSA) is 64.3 Å². The van der Waals surface area contributed by atoms with Crippen molar-refractivity contribution in [3.63, 3.8) is 0 Å². The van der Waals surface area contributed by atoms with Crippen molar-refractivity contribution in [3.8, 4) is 0 Å². The van der Waals surface area contributed by atoms with Gasteiger partial charge >= 0.3 is 0 Å². The van der Waals surface area contributed by atoms with Crippen molar-refractivity contribution in [1.29, 1.82) is 0 Å². The second-order valence-corrected chi connectivity index (χ2v) is 4.47. The van der Waals surface area contributed by atoms with Crippen LogP contribution in [0.5, 0.6) is 0 Å². The van der Waals surface area contributed by atoms with Crippen LogP contribution in [0.4, 0.5) is 5.95 Å². The third-order valence-corrected chi connectivity index (χ3v) is 3.34. The lowest BCUT2D eigenvalue weighted by molar-refractivity contribution is 0.133. The predicted molar refractivity (Wildman–Crippen MR) is 59.9 cm³/mol. The van der Waals surface area contributed by atoms with Gasteiger partial charge in [-0.25, -0.2) is 9.97 Å². The van der Waals surface area contributed by atoms with E-state index in [0.717, 1.165) is 43.3 Å². The van der Waals surface area contributed by atoms with E-state index in [9.17, 15) is 0 Å². The molecule has 1 aromatic heterocycles. The summed E-state index contributed by atoms with van der Waals surface area (Å²) >= 11 is 0. The highest BCUT2D eigenvalue weighted by Gasteiger charge is 2.24. The van der Waals surface area contributed by atoms with E-state index in [1.54, 1.807) is 0 Å². The minimum absolute atomic E-state index is 0.591. The summed E-state index contributed by atoms with van der Waals surface area (Å²) in [7, 11) is 0. The number of hydrogen-bond donors (Lipinski definition) is 1. The molecule has 1 atom stereocenters. The highest BCUT2D eigenvalue weighted by Crippen LogP contribution is 2.23. The third kappa shape index (κ3) is 1.66. The molecule has 5 nitrogen and oxygen atoms in total. The smallest absolute Gasteiger partial charge is 0.225 e. The first-order chi connectivity index (χ1) is 7.86. The number of rotatable bonds is 2. The van der Waals surface area contributed by atoms with Gasteiger partial charge in [0.25, 0.3) is 0 Å². The Morgan fingerprint density at radius 1 is 1.50 bits per heavy atom. The minimum Gasteiger partial charge on any atom is -0.370 e. The normalized spacial score (nSPS) is 23.8. The molecule has 2 aliphatic rings. The number of hydrogen-bond acceptors (Lipinski definition) is 5. The zero-order valence-corrected chi connectivity index (χ0v) is 9.22. The summed E-state index contributed by atoms with van der Waals surface area (Å²) in [5, 5.41) is 0. The quantitative estimate of drug-likeness (QED) is 0.776. The van der Waals surface area contributed by atoms with Crippen molar-refractivity contribution in [3.05, 3.63) is 17.5 Å². The van der Waals surface area contributed by atoms with E-state index >= 15 is 0 Å². The van der Waals surface area contributed by atoms with Crippen molar-refractivity contribution in [2.45, 2.75) is 19.6 Å². The number of aromatic nitrogens is 2. The Bertz CT molecular complexity index is 396. The number of nitrogens with zero attached hydrogens (tertiary/aromatic N) is 3. The maximum atomic E-state index is 5.68. The summed E-state index contributed by atoms with van der Waals surface area (Å²) in [5.74, 6) is 1.42. The van der Waals surface area contributed by atoms with E-state index in [4.69, 9.17) is 10.5 Å². The molecule has 0 bridgehead atoms. The Balaban J connectivity index is 1.80. The molecule has 0 aliphatic carbocycles. The van der Waals surface area contributed by atoms with Crippen LogP contribution < -0.4 is 10.6 Å². The molecule has 2 N–H and O–H groups in total. The second-order valence-electron chi connectivity index (χ2n) is 4.47. The van der Waals surface area contributed by atoms with Gasteiger partial charge in [0.15, 0.2) is 0 Å². The van der Waals surface area contributed by atoms with Crippen molar-refractivity contribution >= 4 is 5.95 Å².